The van der Waals surface area contributed by atoms with Gasteiger partial charge in [0.05, 0.1) is 24.1 Å². The van der Waals surface area contributed by atoms with E-state index in [2.05, 4.69) is 29.1 Å². The summed E-state index contributed by atoms with van der Waals surface area (Å²) in [4.78, 5) is 25.4. The fourth-order valence-corrected chi connectivity index (χ4v) is 3.61. The largest absolute Gasteiger partial charge is 0.490 e. The molecule has 2 aromatic heterocycles. The minimum absolute atomic E-state index is 0.174. The lowest BCUT2D eigenvalue weighted by molar-refractivity contribution is -0.115. The van der Waals surface area contributed by atoms with E-state index < -0.39 is 0 Å². The number of nitrogens with two attached hydrogens (primary N) is 1. The normalized spacial score (nSPS) is 14.5. The number of fused-ring (bicyclic) bond motifs is 1. The van der Waals surface area contributed by atoms with Gasteiger partial charge in [-0.15, -0.1) is 0 Å². The van der Waals surface area contributed by atoms with Gasteiger partial charge in [-0.1, -0.05) is 13.8 Å². The number of nitrogens with zero attached hydrogens (tertiary/aromatic N) is 3. The summed E-state index contributed by atoms with van der Waals surface area (Å²) < 4.78 is 19.4. The van der Waals surface area contributed by atoms with Crippen LogP contribution in [-0.4, -0.2) is 34.0 Å². The van der Waals surface area contributed by atoms with E-state index in [4.69, 9.17) is 15.5 Å². The number of halogens is 1. The van der Waals surface area contributed by atoms with E-state index in [0.29, 0.717) is 31.0 Å². The summed E-state index contributed by atoms with van der Waals surface area (Å²) in [5, 5.41) is 2.86. The third kappa shape index (κ3) is 4.30. The molecular formula is C24H24FN5O2. The van der Waals surface area contributed by atoms with E-state index in [1.165, 1.54) is 36.9 Å². The third-order valence-corrected chi connectivity index (χ3v) is 5.37. The number of amides is 1. The van der Waals surface area contributed by atoms with Gasteiger partial charge in [-0.3, -0.25) is 14.8 Å². The summed E-state index contributed by atoms with van der Waals surface area (Å²) in [7, 11) is 0. The number of rotatable bonds is 6. The van der Waals surface area contributed by atoms with Gasteiger partial charge in [-0.2, -0.15) is 0 Å². The summed E-state index contributed by atoms with van der Waals surface area (Å²) in [6.07, 6.45) is 6.23. The van der Waals surface area contributed by atoms with Gasteiger partial charge in [-0.05, 0) is 30.3 Å². The number of benzene rings is 1. The van der Waals surface area contributed by atoms with Crippen LogP contribution in [0.2, 0.25) is 0 Å². The van der Waals surface area contributed by atoms with Crippen molar-refractivity contribution in [3.8, 4) is 17.0 Å². The second-order valence-electron chi connectivity index (χ2n) is 8.20. The van der Waals surface area contributed by atoms with Crippen LogP contribution in [-0.2, 0) is 16.6 Å². The molecule has 0 radical (unpaired) electrons. The lowest BCUT2D eigenvalue weighted by Crippen LogP contribution is -2.27. The first-order valence-electron chi connectivity index (χ1n) is 10.3. The van der Waals surface area contributed by atoms with Crippen molar-refractivity contribution in [2.75, 3.05) is 13.2 Å². The summed E-state index contributed by atoms with van der Waals surface area (Å²) >= 11 is 0. The minimum Gasteiger partial charge on any atom is -0.490 e. The SMILES string of the molecule is CC1(C)COc2c1cc(CCNC(=O)/C(=C/N)c1cnccn1)nc2-c1ccc(F)cc1. The topological polar surface area (TPSA) is 103 Å². The number of pyridine rings is 1. The molecule has 0 aliphatic carbocycles. The molecule has 0 saturated heterocycles. The molecule has 3 heterocycles. The molecule has 0 unspecified atom stereocenters. The third-order valence-electron chi connectivity index (χ3n) is 5.37. The first-order chi connectivity index (χ1) is 15.4. The zero-order valence-corrected chi connectivity index (χ0v) is 17.9. The fraction of sp³-hybridized carbons (Fsp3) is 0.250. The molecule has 1 aliphatic rings. The maximum atomic E-state index is 13.4. The van der Waals surface area contributed by atoms with Crippen molar-refractivity contribution < 1.29 is 13.9 Å². The Balaban J connectivity index is 1.55. The Kier molecular flexibility index (Phi) is 5.85. The van der Waals surface area contributed by atoms with Gasteiger partial charge in [0.15, 0.2) is 0 Å². The number of carbonyl (C=O) groups excluding carboxylic acids is 1. The summed E-state index contributed by atoms with van der Waals surface area (Å²) in [6.45, 7) is 5.11. The number of carbonyl (C=O) groups is 1. The summed E-state index contributed by atoms with van der Waals surface area (Å²) in [5.74, 6) is 0.0827. The van der Waals surface area contributed by atoms with E-state index in [-0.39, 0.29) is 22.7 Å². The van der Waals surface area contributed by atoms with Crippen LogP contribution in [0.5, 0.6) is 5.75 Å². The molecule has 1 amide bonds. The van der Waals surface area contributed by atoms with Gasteiger partial charge < -0.3 is 15.8 Å². The average Bonchev–Trinajstić information content (AvgIpc) is 3.10. The highest BCUT2D eigenvalue weighted by Crippen LogP contribution is 2.44. The van der Waals surface area contributed by atoms with E-state index >= 15 is 0 Å². The Morgan fingerprint density at radius 1 is 1.28 bits per heavy atom. The zero-order chi connectivity index (χ0) is 22.7. The van der Waals surface area contributed by atoms with Crippen molar-refractivity contribution in [2.45, 2.75) is 25.7 Å². The molecule has 3 N–H and O–H groups in total. The van der Waals surface area contributed by atoms with Gasteiger partial charge in [0.2, 0.25) is 0 Å². The van der Waals surface area contributed by atoms with Gasteiger partial charge in [0.1, 0.15) is 17.3 Å². The molecule has 0 spiro atoms. The minimum atomic E-state index is -0.336. The fourth-order valence-electron chi connectivity index (χ4n) is 3.61. The van der Waals surface area contributed by atoms with Gasteiger partial charge in [0.25, 0.3) is 5.91 Å². The average molecular weight is 433 g/mol. The lowest BCUT2D eigenvalue weighted by Gasteiger charge is -2.17. The smallest absolute Gasteiger partial charge is 0.255 e. The number of ether oxygens (including phenoxy) is 1. The second kappa shape index (κ2) is 8.74. The molecule has 1 aromatic carbocycles. The molecule has 7 nitrogen and oxygen atoms in total. The Morgan fingerprint density at radius 2 is 2.06 bits per heavy atom. The van der Waals surface area contributed by atoms with Crippen molar-refractivity contribution in [2.24, 2.45) is 5.73 Å². The molecule has 1 aliphatic heterocycles. The van der Waals surface area contributed by atoms with Crippen LogP contribution in [0.25, 0.3) is 16.8 Å². The van der Waals surface area contributed by atoms with Crippen LogP contribution in [0.3, 0.4) is 0 Å². The Labute approximate surface area is 185 Å². The van der Waals surface area contributed by atoms with E-state index in [1.807, 2.05) is 6.07 Å². The highest BCUT2D eigenvalue weighted by atomic mass is 19.1. The quantitative estimate of drug-likeness (QED) is 0.580. The van der Waals surface area contributed by atoms with E-state index in [1.54, 1.807) is 12.1 Å². The Morgan fingerprint density at radius 3 is 2.75 bits per heavy atom. The maximum absolute atomic E-state index is 13.4. The standard InChI is InChI=1S/C24H24FN5O2/c1-24(2)14-32-22-19(24)11-17(30-21(22)15-3-5-16(25)6-4-15)7-8-29-23(31)18(12-26)20-13-27-9-10-28-20/h3-6,9-13H,7-8,14,26H2,1-2H3,(H,29,31)/b18-12+. The molecule has 8 heteroatoms. The molecule has 164 valence electrons. The molecule has 3 aromatic rings. The van der Waals surface area contributed by atoms with E-state index in [9.17, 15) is 9.18 Å². The highest BCUT2D eigenvalue weighted by Gasteiger charge is 2.35. The maximum Gasteiger partial charge on any atom is 0.255 e. The number of aromatic nitrogens is 3. The summed E-state index contributed by atoms with van der Waals surface area (Å²) in [5.41, 5.74) is 9.43. The second-order valence-corrected chi connectivity index (χ2v) is 8.20. The van der Waals surface area contributed by atoms with Gasteiger partial charge in [-0.25, -0.2) is 9.37 Å². The Hall–Kier alpha value is -3.81. The van der Waals surface area contributed by atoms with Crippen LogP contribution in [0.4, 0.5) is 4.39 Å². The predicted molar refractivity (Wildman–Crippen MR) is 119 cm³/mol. The molecule has 4 rings (SSSR count). The molecule has 0 atom stereocenters. The van der Waals surface area contributed by atoms with Crippen molar-refractivity contribution in [1.82, 2.24) is 20.3 Å². The first-order valence-corrected chi connectivity index (χ1v) is 10.3. The Bertz CT molecular complexity index is 1160. The lowest BCUT2D eigenvalue weighted by atomic mass is 9.86. The van der Waals surface area contributed by atoms with Crippen LogP contribution in [0.1, 0.15) is 30.8 Å². The van der Waals surface area contributed by atoms with Crippen molar-refractivity contribution in [1.29, 1.82) is 0 Å². The van der Waals surface area contributed by atoms with Crippen LogP contribution < -0.4 is 15.8 Å². The van der Waals surface area contributed by atoms with Crippen molar-refractivity contribution in [3.63, 3.8) is 0 Å². The monoisotopic (exact) mass is 433 g/mol. The molecule has 0 fully saturated rings. The van der Waals surface area contributed by atoms with Crippen molar-refractivity contribution in [3.05, 3.63) is 77.9 Å². The summed E-state index contributed by atoms with van der Waals surface area (Å²) in [6, 6.07) is 8.21. The zero-order valence-electron chi connectivity index (χ0n) is 17.9. The number of hydrogen-bond donors (Lipinski definition) is 2. The molecular weight excluding hydrogens is 409 g/mol. The number of nitrogens with one attached hydrogen (secondary N) is 1. The molecule has 0 saturated carbocycles. The van der Waals surface area contributed by atoms with Crippen LogP contribution in [0.15, 0.2) is 55.1 Å². The molecule has 0 bridgehead atoms. The highest BCUT2D eigenvalue weighted by molar-refractivity contribution is 6.18. The van der Waals surface area contributed by atoms with Gasteiger partial charge >= 0.3 is 0 Å². The van der Waals surface area contributed by atoms with Crippen LogP contribution >= 0.6 is 0 Å². The van der Waals surface area contributed by atoms with Crippen LogP contribution in [0, 0.1) is 5.82 Å². The first kappa shape index (κ1) is 21.4. The number of hydrogen-bond acceptors (Lipinski definition) is 6. The van der Waals surface area contributed by atoms with Gasteiger partial charge in [0, 0.05) is 53.8 Å². The van der Waals surface area contributed by atoms with E-state index in [0.717, 1.165) is 22.6 Å². The molecule has 32 heavy (non-hydrogen) atoms. The predicted octanol–water partition coefficient (Wildman–Crippen LogP) is 3.01. The van der Waals surface area contributed by atoms with Crippen molar-refractivity contribution >= 4 is 11.5 Å².